The fourth-order valence-corrected chi connectivity index (χ4v) is 2.56. The van der Waals surface area contributed by atoms with Crippen LogP contribution in [0, 0.1) is 11.8 Å². The van der Waals surface area contributed by atoms with E-state index in [-0.39, 0.29) is 17.9 Å². The van der Waals surface area contributed by atoms with E-state index < -0.39 is 0 Å². The van der Waals surface area contributed by atoms with Crippen LogP contribution in [0.2, 0.25) is 0 Å². The summed E-state index contributed by atoms with van der Waals surface area (Å²) in [5.74, 6) is 5.53. The number of amides is 2. The highest BCUT2D eigenvalue weighted by molar-refractivity contribution is 7.10. The molecule has 0 radical (unpaired) electrons. The molecule has 1 aromatic rings. The normalized spacial score (nSPS) is 17.5. The molecule has 1 fully saturated rings. The Kier molecular flexibility index (Phi) is 4.55. The van der Waals surface area contributed by atoms with Crippen molar-refractivity contribution in [2.24, 2.45) is 5.73 Å². The molecule has 19 heavy (non-hydrogen) atoms. The zero-order valence-corrected chi connectivity index (χ0v) is 11.2. The highest BCUT2D eigenvalue weighted by Crippen LogP contribution is 2.14. The predicted molar refractivity (Wildman–Crippen MR) is 73.3 cm³/mol. The molecular formula is C13H15N3O2S. The van der Waals surface area contributed by atoms with Crippen LogP contribution >= 0.6 is 11.3 Å². The number of nitrogens with two attached hydrogens (primary N) is 1. The third-order valence-corrected chi connectivity index (χ3v) is 3.67. The van der Waals surface area contributed by atoms with Crippen molar-refractivity contribution in [1.82, 2.24) is 10.6 Å². The first-order valence-corrected chi connectivity index (χ1v) is 6.90. The Hall–Kier alpha value is -1.84. The summed E-state index contributed by atoms with van der Waals surface area (Å²) in [5.41, 5.74) is 6.21. The van der Waals surface area contributed by atoms with Gasteiger partial charge in [0, 0.05) is 22.2 Å². The highest BCUT2D eigenvalue weighted by Gasteiger charge is 2.26. The first-order chi connectivity index (χ1) is 9.19. The molecule has 100 valence electrons. The minimum absolute atomic E-state index is 0.0596. The fourth-order valence-electron chi connectivity index (χ4n) is 1.80. The third kappa shape index (κ3) is 3.81. The summed E-state index contributed by atoms with van der Waals surface area (Å²) in [5, 5.41) is 7.39. The van der Waals surface area contributed by atoms with E-state index in [1.807, 2.05) is 11.4 Å². The van der Waals surface area contributed by atoms with E-state index in [0.29, 0.717) is 25.9 Å². The monoisotopic (exact) mass is 277 g/mol. The topological polar surface area (TPSA) is 84.2 Å². The quantitative estimate of drug-likeness (QED) is 0.677. The summed E-state index contributed by atoms with van der Waals surface area (Å²) in [7, 11) is 0. The van der Waals surface area contributed by atoms with E-state index in [1.165, 1.54) is 11.3 Å². The second kappa shape index (κ2) is 6.36. The van der Waals surface area contributed by atoms with Gasteiger partial charge in [-0.2, -0.15) is 0 Å². The summed E-state index contributed by atoms with van der Waals surface area (Å²) in [6.07, 6.45) is 0.998. The molecule has 1 aliphatic rings. The Morgan fingerprint density at radius 2 is 2.47 bits per heavy atom. The molecule has 6 heteroatoms. The number of thiophene rings is 1. The molecule has 0 saturated carbocycles. The molecule has 0 spiro atoms. The van der Waals surface area contributed by atoms with E-state index >= 15 is 0 Å². The molecule has 2 heterocycles. The molecule has 2 rings (SSSR count). The molecule has 1 unspecified atom stereocenters. The van der Waals surface area contributed by atoms with Gasteiger partial charge in [-0.15, -0.1) is 11.3 Å². The van der Waals surface area contributed by atoms with Gasteiger partial charge >= 0.3 is 0 Å². The Bertz CT molecular complexity index is 542. The van der Waals surface area contributed by atoms with Crippen molar-refractivity contribution < 1.29 is 9.59 Å². The molecule has 2 amide bonds. The lowest BCUT2D eigenvalue weighted by Crippen LogP contribution is -2.41. The average Bonchev–Trinajstić information content (AvgIpc) is 3.02. The molecule has 5 nitrogen and oxygen atoms in total. The predicted octanol–water partition coefficient (Wildman–Crippen LogP) is -0.0469. The van der Waals surface area contributed by atoms with Gasteiger partial charge in [-0.05, 0) is 12.5 Å². The second-order valence-electron chi connectivity index (χ2n) is 4.18. The van der Waals surface area contributed by atoms with Crippen LogP contribution in [0.15, 0.2) is 11.4 Å². The largest absolute Gasteiger partial charge is 0.349 e. The maximum absolute atomic E-state index is 11.8. The SMILES string of the molecule is NCC#Cc1csc(CNC(=O)C2CCC(=O)N2)c1. The van der Waals surface area contributed by atoms with Crippen LogP contribution in [0.5, 0.6) is 0 Å². The number of carbonyl (C=O) groups is 2. The van der Waals surface area contributed by atoms with Gasteiger partial charge in [0.15, 0.2) is 0 Å². The van der Waals surface area contributed by atoms with Crippen LogP contribution in [-0.4, -0.2) is 24.4 Å². The maximum atomic E-state index is 11.8. The van der Waals surface area contributed by atoms with E-state index in [1.54, 1.807) is 0 Å². The summed E-state index contributed by atoms with van der Waals surface area (Å²) in [4.78, 5) is 23.8. The Labute approximate surface area is 115 Å². The molecule has 4 N–H and O–H groups in total. The molecule has 1 atom stereocenters. The fraction of sp³-hybridized carbons (Fsp3) is 0.385. The lowest BCUT2D eigenvalue weighted by Gasteiger charge is -2.09. The van der Waals surface area contributed by atoms with Crippen molar-refractivity contribution in [2.45, 2.75) is 25.4 Å². The molecule has 0 aliphatic carbocycles. The van der Waals surface area contributed by atoms with Gasteiger partial charge in [-0.25, -0.2) is 0 Å². The van der Waals surface area contributed by atoms with Crippen molar-refractivity contribution >= 4 is 23.2 Å². The molecule has 1 saturated heterocycles. The summed E-state index contributed by atoms with van der Waals surface area (Å²) in [6.45, 7) is 0.795. The van der Waals surface area contributed by atoms with Crippen LogP contribution < -0.4 is 16.4 Å². The van der Waals surface area contributed by atoms with Gasteiger partial charge in [0.2, 0.25) is 11.8 Å². The Morgan fingerprint density at radius 3 is 3.16 bits per heavy atom. The van der Waals surface area contributed by atoms with Crippen LogP contribution in [0.3, 0.4) is 0 Å². The van der Waals surface area contributed by atoms with Gasteiger partial charge in [-0.3, -0.25) is 9.59 Å². The van der Waals surface area contributed by atoms with Crippen LogP contribution in [0.1, 0.15) is 23.3 Å². The van der Waals surface area contributed by atoms with Crippen LogP contribution in [0.25, 0.3) is 0 Å². The zero-order valence-electron chi connectivity index (χ0n) is 10.4. The average molecular weight is 277 g/mol. The van der Waals surface area contributed by atoms with Crippen LogP contribution in [-0.2, 0) is 16.1 Å². The lowest BCUT2D eigenvalue weighted by molar-refractivity contribution is -0.125. The molecular weight excluding hydrogens is 262 g/mol. The van der Waals surface area contributed by atoms with Gasteiger partial charge in [0.05, 0.1) is 13.1 Å². The number of nitrogens with one attached hydrogen (secondary N) is 2. The van der Waals surface area contributed by atoms with E-state index in [4.69, 9.17) is 5.73 Å². The molecule has 1 aliphatic heterocycles. The first kappa shape index (κ1) is 13.6. The van der Waals surface area contributed by atoms with E-state index in [2.05, 4.69) is 22.5 Å². The first-order valence-electron chi connectivity index (χ1n) is 6.02. The molecule has 0 bridgehead atoms. The summed E-state index contributed by atoms with van der Waals surface area (Å²) < 4.78 is 0. The summed E-state index contributed by atoms with van der Waals surface area (Å²) >= 11 is 1.54. The van der Waals surface area contributed by atoms with Crippen molar-refractivity contribution in [3.63, 3.8) is 0 Å². The van der Waals surface area contributed by atoms with Crippen molar-refractivity contribution in [3.8, 4) is 11.8 Å². The number of hydrogen-bond acceptors (Lipinski definition) is 4. The summed E-state index contributed by atoms with van der Waals surface area (Å²) in [6, 6.07) is 1.55. The Morgan fingerprint density at radius 1 is 1.63 bits per heavy atom. The minimum atomic E-state index is -0.385. The van der Waals surface area contributed by atoms with Crippen molar-refractivity contribution in [2.75, 3.05) is 6.54 Å². The van der Waals surface area contributed by atoms with Crippen molar-refractivity contribution in [3.05, 3.63) is 21.9 Å². The van der Waals surface area contributed by atoms with Crippen molar-refractivity contribution in [1.29, 1.82) is 0 Å². The number of carbonyl (C=O) groups excluding carboxylic acids is 2. The third-order valence-electron chi connectivity index (χ3n) is 2.74. The second-order valence-corrected chi connectivity index (χ2v) is 5.18. The number of hydrogen-bond donors (Lipinski definition) is 3. The molecule has 1 aromatic heterocycles. The lowest BCUT2D eigenvalue weighted by atomic mass is 10.2. The van der Waals surface area contributed by atoms with Gasteiger partial charge < -0.3 is 16.4 Å². The Balaban J connectivity index is 1.83. The van der Waals surface area contributed by atoms with E-state index in [9.17, 15) is 9.59 Å². The van der Waals surface area contributed by atoms with E-state index in [0.717, 1.165) is 10.4 Å². The van der Waals surface area contributed by atoms with Gasteiger partial charge in [-0.1, -0.05) is 11.8 Å². The number of rotatable bonds is 3. The van der Waals surface area contributed by atoms with Crippen LogP contribution in [0.4, 0.5) is 0 Å². The smallest absolute Gasteiger partial charge is 0.242 e. The standard InChI is InChI=1S/C13H15N3O2S/c14-5-1-2-9-6-10(19-8-9)7-15-13(18)11-3-4-12(17)16-11/h6,8,11H,3-5,7,14H2,(H,15,18)(H,16,17). The minimum Gasteiger partial charge on any atom is -0.349 e. The maximum Gasteiger partial charge on any atom is 0.242 e. The van der Waals surface area contributed by atoms with Gasteiger partial charge in [0.1, 0.15) is 6.04 Å². The van der Waals surface area contributed by atoms with Gasteiger partial charge in [0.25, 0.3) is 0 Å². The molecule has 0 aromatic carbocycles. The zero-order chi connectivity index (χ0) is 13.7. The highest BCUT2D eigenvalue weighted by atomic mass is 32.1.